The monoisotopic (exact) mass is 466 g/mol. The summed E-state index contributed by atoms with van der Waals surface area (Å²) in [5.74, 6) is 0. The van der Waals surface area contributed by atoms with Crippen molar-refractivity contribution in [2.75, 3.05) is 39.1 Å². The fourth-order valence-electron chi connectivity index (χ4n) is 4.77. The van der Waals surface area contributed by atoms with E-state index < -0.39 is 0 Å². The normalized spacial score (nSPS) is 21.9. The van der Waals surface area contributed by atoms with E-state index in [-0.39, 0.29) is 6.29 Å². The average molecular weight is 467 g/mol. The molecule has 3 aromatic heterocycles. The summed E-state index contributed by atoms with van der Waals surface area (Å²) in [5.41, 5.74) is 3.59. The molecule has 3 aromatic rings. The topological polar surface area (TPSA) is 80.6 Å². The van der Waals surface area contributed by atoms with E-state index in [2.05, 4.69) is 33.0 Å². The molecule has 8 nitrogen and oxygen atoms in total. The highest BCUT2D eigenvalue weighted by molar-refractivity contribution is 7.98. The summed E-state index contributed by atoms with van der Waals surface area (Å²) in [6.45, 7) is 4.56. The molecule has 0 bridgehead atoms. The van der Waals surface area contributed by atoms with Gasteiger partial charge < -0.3 is 9.47 Å². The van der Waals surface area contributed by atoms with E-state index in [1.165, 1.54) is 6.42 Å². The minimum absolute atomic E-state index is 0.0180. The Morgan fingerprint density at radius 1 is 1.18 bits per heavy atom. The number of nitriles is 1. The van der Waals surface area contributed by atoms with Crippen molar-refractivity contribution in [2.24, 2.45) is 0 Å². The van der Waals surface area contributed by atoms with Crippen LogP contribution in [-0.2, 0) is 9.47 Å². The maximum Gasteiger partial charge on any atom is 0.157 e. The van der Waals surface area contributed by atoms with E-state index in [4.69, 9.17) is 14.6 Å². The Morgan fingerprint density at radius 3 is 2.94 bits per heavy atom. The molecule has 2 fully saturated rings. The Bertz CT molecular complexity index is 1130. The number of likely N-dealkylation sites (tertiary alicyclic amines) is 1. The minimum Gasteiger partial charge on any atom is -0.353 e. The number of piperidine rings is 1. The molecule has 2 saturated heterocycles. The van der Waals surface area contributed by atoms with Gasteiger partial charge in [-0.05, 0) is 51.0 Å². The highest BCUT2D eigenvalue weighted by Crippen LogP contribution is 2.31. The van der Waals surface area contributed by atoms with Crippen LogP contribution in [0.2, 0.25) is 0 Å². The zero-order valence-electron chi connectivity index (χ0n) is 19.0. The predicted octanol–water partition coefficient (Wildman–Crippen LogP) is 3.97. The first-order valence-electron chi connectivity index (χ1n) is 11.7. The van der Waals surface area contributed by atoms with E-state index in [1.807, 2.05) is 18.6 Å². The second kappa shape index (κ2) is 10.3. The van der Waals surface area contributed by atoms with Crippen LogP contribution in [0.15, 0.2) is 35.7 Å². The Kier molecular flexibility index (Phi) is 6.97. The molecule has 0 aromatic carbocycles. The van der Waals surface area contributed by atoms with Crippen LogP contribution in [0, 0.1) is 11.3 Å². The molecule has 1 unspecified atom stereocenters. The highest BCUT2D eigenvalue weighted by atomic mass is 32.2. The molecule has 2 aliphatic rings. The van der Waals surface area contributed by atoms with Crippen molar-refractivity contribution in [1.82, 2.24) is 24.3 Å². The molecule has 174 valence electrons. The van der Waals surface area contributed by atoms with Crippen molar-refractivity contribution in [1.29, 1.82) is 5.26 Å². The SMILES string of the molecule is CSc1cc(-c2cnn([C@H]3CCCN(CCOC4CCCCO4)C3)c2)cn2ncc(C#N)c12. The molecule has 0 radical (unpaired) electrons. The van der Waals surface area contributed by atoms with Crippen molar-refractivity contribution in [3.05, 3.63) is 36.4 Å². The molecule has 9 heteroatoms. The number of hydrogen-bond acceptors (Lipinski definition) is 7. The Balaban J connectivity index is 1.25. The maximum atomic E-state index is 9.38. The Hall–Kier alpha value is -2.38. The molecule has 0 amide bonds. The number of fused-ring (bicyclic) bond motifs is 1. The molecule has 0 saturated carbocycles. The average Bonchev–Trinajstić information content (AvgIpc) is 3.52. The molecule has 5 rings (SSSR count). The highest BCUT2D eigenvalue weighted by Gasteiger charge is 2.23. The van der Waals surface area contributed by atoms with Gasteiger partial charge in [-0.15, -0.1) is 11.8 Å². The standard InChI is InChI=1S/C24H30N6O2S/c1-33-22-11-18(15-30-24(22)19(12-25)13-27-30)20-14-26-29(16-20)21-5-4-7-28(17-21)8-10-32-23-6-2-3-9-31-23/h11,13-16,21,23H,2-10,17H2,1H3/t21-,23?/m0/s1. The van der Waals surface area contributed by atoms with Crippen molar-refractivity contribution in [3.8, 4) is 17.2 Å². The van der Waals surface area contributed by atoms with Gasteiger partial charge in [0.25, 0.3) is 0 Å². The lowest BCUT2D eigenvalue weighted by molar-refractivity contribution is -0.164. The van der Waals surface area contributed by atoms with Gasteiger partial charge in [0.2, 0.25) is 0 Å². The number of rotatable bonds is 7. The first kappa shape index (κ1) is 22.4. The molecule has 0 aliphatic carbocycles. The van der Waals surface area contributed by atoms with Gasteiger partial charge in [0.15, 0.2) is 6.29 Å². The van der Waals surface area contributed by atoms with E-state index in [1.54, 1.807) is 22.5 Å². The summed E-state index contributed by atoms with van der Waals surface area (Å²) >= 11 is 1.63. The fraction of sp³-hybridized carbons (Fsp3) is 0.542. The molecule has 2 aliphatic heterocycles. The summed E-state index contributed by atoms with van der Waals surface area (Å²) in [4.78, 5) is 3.52. The first-order valence-corrected chi connectivity index (χ1v) is 12.9. The summed E-state index contributed by atoms with van der Waals surface area (Å²) in [6, 6.07) is 4.72. The van der Waals surface area contributed by atoms with Gasteiger partial charge in [-0.2, -0.15) is 15.5 Å². The van der Waals surface area contributed by atoms with Gasteiger partial charge >= 0.3 is 0 Å². The van der Waals surface area contributed by atoms with Crippen molar-refractivity contribution < 1.29 is 9.47 Å². The number of nitrogens with zero attached hydrogens (tertiary/aromatic N) is 6. The molecule has 0 spiro atoms. The van der Waals surface area contributed by atoms with Crippen LogP contribution in [0.3, 0.4) is 0 Å². The van der Waals surface area contributed by atoms with Gasteiger partial charge in [-0.3, -0.25) is 9.58 Å². The maximum absolute atomic E-state index is 9.38. The third-order valence-electron chi connectivity index (χ3n) is 6.56. The van der Waals surface area contributed by atoms with Crippen LogP contribution in [-0.4, -0.2) is 69.7 Å². The zero-order valence-corrected chi connectivity index (χ0v) is 19.8. The number of pyridine rings is 1. The molecule has 2 atom stereocenters. The first-order chi connectivity index (χ1) is 16.2. The zero-order chi connectivity index (χ0) is 22.6. The van der Waals surface area contributed by atoms with E-state index >= 15 is 0 Å². The quantitative estimate of drug-likeness (QED) is 0.487. The molecular weight excluding hydrogens is 436 g/mol. The fourth-order valence-corrected chi connectivity index (χ4v) is 5.41. The van der Waals surface area contributed by atoms with E-state index in [9.17, 15) is 5.26 Å². The lowest BCUT2D eigenvalue weighted by atomic mass is 10.1. The molecule has 5 heterocycles. The number of ether oxygens (including phenoxy) is 2. The number of aromatic nitrogens is 4. The molecule has 0 N–H and O–H groups in total. The molecular formula is C24H30N6O2S. The number of hydrogen-bond donors (Lipinski definition) is 0. The van der Waals surface area contributed by atoms with Gasteiger partial charge in [0.1, 0.15) is 6.07 Å². The number of thioether (sulfide) groups is 1. The van der Waals surface area contributed by atoms with Crippen LogP contribution in [0.5, 0.6) is 0 Å². The van der Waals surface area contributed by atoms with Gasteiger partial charge in [0.05, 0.1) is 36.1 Å². The van der Waals surface area contributed by atoms with Crippen LogP contribution in [0.25, 0.3) is 16.6 Å². The third-order valence-corrected chi connectivity index (χ3v) is 7.31. The second-order valence-electron chi connectivity index (χ2n) is 8.73. The van der Waals surface area contributed by atoms with Gasteiger partial charge in [0, 0.05) is 48.1 Å². The Morgan fingerprint density at radius 2 is 2.12 bits per heavy atom. The second-order valence-corrected chi connectivity index (χ2v) is 9.58. The van der Waals surface area contributed by atoms with Crippen molar-refractivity contribution in [3.63, 3.8) is 0 Å². The summed E-state index contributed by atoms with van der Waals surface area (Å²) in [5, 5.41) is 18.5. The van der Waals surface area contributed by atoms with Gasteiger partial charge in [-0.25, -0.2) is 4.52 Å². The largest absolute Gasteiger partial charge is 0.353 e. The third kappa shape index (κ3) is 4.94. The van der Waals surface area contributed by atoms with E-state index in [0.29, 0.717) is 18.2 Å². The van der Waals surface area contributed by atoms with Crippen molar-refractivity contribution in [2.45, 2.75) is 49.3 Å². The predicted molar refractivity (Wildman–Crippen MR) is 127 cm³/mol. The molecule has 33 heavy (non-hydrogen) atoms. The summed E-state index contributed by atoms with van der Waals surface area (Å²) in [6.07, 6.45) is 15.3. The lowest BCUT2D eigenvalue weighted by Crippen LogP contribution is -2.39. The summed E-state index contributed by atoms with van der Waals surface area (Å²) < 4.78 is 15.5. The van der Waals surface area contributed by atoms with Crippen LogP contribution in [0.4, 0.5) is 0 Å². The smallest absolute Gasteiger partial charge is 0.157 e. The van der Waals surface area contributed by atoms with Crippen LogP contribution in [0.1, 0.15) is 43.7 Å². The van der Waals surface area contributed by atoms with Crippen LogP contribution >= 0.6 is 11.8 Å². The van der Waals surface area contributed by atoms with Crippen molar-refractivity contribution >= 4 is 17.3 Å². The lowest BCUT2D eigenvalue weighted by Gasteiger charge is -2.33. The van der Waals surface area contributed by atoms with Crippen LogP contribution < -0.4 is 0 Å². The van der Waals surface area contributed by atoms with E-state index in [0.717, 1.165) is 73.5 Å². The van der Waals surface area contributed by atoms with Gasteiger partial charge in [-0.1, -0.05) is 0 Å². The Labute approximate surface area is 198 Å². The minimum atomic E-state index is -0.0180. The summed E-state index contributed by atoms with van der Waals surface area (Å²) in [7, 11) is 0.